The van der Waals surface area contributed by atoms with Gasteiger partial charge in [-0.1, -0.05) is 35.9 Å². The minimum atomic E-state index is -4.14. The Hall–Kier alpha value is -1.93. The maximum Gasteiger partial charge on any atom is 0.241 e. The molecule has 0 saturated heterocycles. The van der Waals surface area contributed by atoms with Gasteiger partial charge >= 0.3 is 0 Å². The molecule has 1 atom stereocenters. The Morgan fingerprint density at radius 2 is 2.04 bits per heavy atom. The first-order valence-electron chi connectivity index (χ1n) is 6.53. The highest BCUT2D eigenvalue weighted by Gasteiger charge is 2.41. The molecule has 2 rings (SSSR count). The van der Waals surface area contributed by atoms with Crippen LogP contribution in [0, 0.1) is 0 Å². The van der Waals surface area contributed by atoms with Crippen LogP contribution >= 0.6 is 11.6 Å². The highest BCUT2D eigenvalue weighted by atomic mass is 35.5. The first kappa shape index (κ1) is 17.4. The van der Waals surface area contributed by atoms with Gasteiger partial charge in [0.15, 0.2) is 0 Å². The lowest BCUT2D eigenvalue weighted by molar-refractivity contribution is -0.113. The van der Waals surface area contributed by atoms with Crippen LogP contribution in [0.3, 0.4) is 0 Å². The van der Waals surface area contributed by atoms with E-state index in [4.69, 9.17) is 22.5 Å². The molecule has 0 aliphatic heterocycles. The lowest BCUT2D eigenvalue weighted by atomic mass is 9.83. The number of benzene rings is 1. The molecule has 0 heterocycles. The van der Waals surface area contributed by atoms with E-state index >= 15 is 0 Å². The van der Waals surface area contributed by atoms with Gasteiger partial charge in [-0.25, -0.2) is 13.6 Å². The topological polar surface area (TPSA) is 123 Å². The summed E-state index contributed by atoms with van der Waals surface area (Å²) in [6.07, 6.45) is 5.10. The monoisotopic (exact) mass is 354 g/mol. The quantitative estimate of drug-likeness (QED) is 0.699. The number of primary amides is 1. The lowest BCUT2D eigenvalue weighted by Crippen LogP contribution is -2.37. The number of carbonyl (C=O) groups excluding carboxylic acids is 1. The fourth-order valence-electron chi connectivity index (χ4n) is 2.39. The van der Waals surface area contributed by atoms with Crippen molar-refractivity contribution in [3.8, 4) is 0 Å². The summed E-state index contributed by atoms with van der Waals surface area (Å²) in [4.78, 5) is 10.5. The number of aliphatic hydroxyl groups is 1. The second-order valence-corrected chi connectivity index (χ2v) is 7.07. The van der Waals surface area contributed by atoms with Crippen molar-refractivity contribution in [2.75, 3.05) is 0 Å². The van der Waals surface area contributed by atoms with E-state index < -0.39 is 21.5 Å². The Morgan fingerprint density at radius 3 is 2.61 bits per heavy atom. The Labute approximate surface area is 138 Å². The molecule has 0 spiro atoms. The third kappa shape index (κ3) is 3.89. The van der Waals surface area contributed by atoms with E-state index in [-0.39, 0.29) is 16.9 Å². The average molecular weight is 355 g/mol. The largest absolute Gasteiger partial charge is 0.379 e. The summed E-state index contributed by atoms with van der Waals surface area (Å²) < 4.78 is 23.7. The Balaban J connectivity index is 2.58. The predicted molar refractivity (Wildman–Crippen MR) is 87.6 cm³/mol. The van der Waals surface area contributed by atoms with E-state index in [1.807, 2.05) is 0 Å². The van der Waals surface area contributed by atoms with Crippen molar-refractivity contribution in [2.45, 2.75) is 12.0 Å². The van der Waals surface area contributed by atoms with Crippen LogP contribution in [-0.4, -0.2) is 19.4 Å². The number of sulfonamides is 1. The standard InChI is InChI=1S/C15H15ClN2O4S/c16-12-3-1-2-11(8-12)15(20)9-10(5-7-14(17)19)4-6-13(15)23(18,21)22/h1-8,20H,9H2,(H2,17,19)(H2,18,21,22)/b7-5+. The number of hydrogen-bond acceptors (Lipinski definition) is 4. The van der Waals surface area contributed by atoms with Gasteiger partial charge < -0.3 is 10.8 Å². The zero-order valence-corrected chi connectivity index (χ0v) is 13.5. The van der Waals surface area contributed by atoms with E-state index in [9.17, 15) is 18.3 Å². The van der Waals surface area contributed by atoms with Crippen LogP contribution in [0.4, 0.5) is 0 Å². The van der Waals surface area contributed by atoms with Crippen molar-refractivity contribution in [1.29, 1.82) is 0 Å². The molecule has 0 bridgehead atoms. The van der Waals surface area contributed by atoms with Gasteiger partial charge in [0.25, 0.3) is 0 Å². The fraction of sp³-hybridized carbons (Fsp3) is 0.133. The Kier molecular flexibility index (Phi) is 4.76. The number of carbonyl (C=O) groups is 1. The molecule has 1 amide bonds. The first-order valence-corrected chi connectivity index (χ1v) is 8.45. The SMILES string of the molecule is NC(=O)/C=C/C1=CC=C(S(N)(=O)=O)C(O)(c2cccc(Cl)c2)C1. The highest BCUT2D eigenvalue weighted by Crippen LogP contribution is 2.41. The molecule has 122 valence electrons. The smallest absolute Gasteiger partial charge is 0.241 e. The zero-order valence-electron chi connectivity index (χ0n) is 11.9. The van der Waals surface area contributed by atoms with Crippen LogP contribution in [0.25, 0.3) is 0 Å². The summed E-state index contributed by atoms with van der Waals surface area (Å²) in [5, 5.41) is 16.6. The molecule has 0 fully saturated rings. The molecule has 1 unspecified atom stereocenters. The van der Waals surface area contributed by atoms with E-state index in [0.717, 1.165) is 6.08 Å². The zero-order chi connectivity index (χ0) is 17.3. The molecular weight excluding hydrogens is 340 g/mol. The maximum atomic E-state index is 11.8. The molecule has 1 aliphatic carbocycles. The normalized spacial score (nSPS) is 21.9. The third-order valence-electron chi connectivity index (χ3n) is 3.39. The molecule has 0 saturated carbocycles. The van der Waals surface area contributed by atoms with Gasteiger partial charge in [0.2, 0.25) is 15.9 Å². The van der Waals surface area contributed by atoms with E-state index in [0.29, 0.717) is 10.6 Å². The molecule has 5 N–H and O–H groups in total. The van der Waals surface area contributed by atoms with Crippen molar-refractivity contribution in [1.82, 2.24) is 0 Å². The number of rotatable bonds is 4. The van der Waals surface area contributed by atoms with Crippen molar-refractivity contribution >= 4 is 27.5 Å². The van der Waals surface area contributed by atoms with Gasteiger partial charge in [-0.15, -0.1) is 0 Å². The summed E-state index contributed by atoms with van der Waals surface area (Å²) in [6.45, 7) is 0. The first-order chi connectivity index (χ1) is 10.6. The Morgan fingerprint density at radius 1 is 1.35 bits per heavy atom. The number of halogens is 1. The second-order valence-electron chi connectivity index (χ2n) is 5.10. The number of hydrogen-bond donors (Lipinski definition) is 3. The van der Waals surface area contributed by atoms with Crippen molar-refractivity contribution < 1.29 is 18.3 Å². The van der Waals surface area contributed by atoms with E-state index in [1.54, 1.807) is 18.2 Å². The summed E-state index contributed by atoms with van der Waals surface area (Å²) in [6, 6.07) is 6.20. The number of allylic oxidation sites excluding steroid dienone is 3. The van der Waals surface area contributed by atoms with Crippen molar-refractivity contribution in [3.63, 3.8) is 0 Å². The van der Waals surface area contributed by atoms with Crippen LogP contribution in [-0.2, 0) is 20.4 Å². The molecular formula is C15H15ClN2O4S. The minimum Gasteiger partial charge on any atom is -0.379 e. The Bertz CT molecular complexity index is 843. The van der Waals surface area contributed by atoms with E-state index in [1.165, 1.54) is 24.3 Å². The number of primary sulfonamides is 1. The van der Waals surface area contributed by atoms with Gasteiger partial charge in [-0.05, 0) is 29.3 Å². The van der Waals surface area contributed by atoms with Gasteiger partial charge in [0.1, 0.15) is 5.60 Å². The van der Waals surface area contributed by atoms with Crippen LogP contribution in [0.5, 0.6) is 0 Å². The fourth-order valence-corrected chi connectivity index (χ4v) is 3.49. The molecule has 1 aliphatic rings. The molecule has 23 heavy (non-hydrogen) atoms. The average Bonchev–Trinajstić information content (AvgIpc) is 2.44. The maximum absolute atomic E-state index is 11.8. The molecule has 0 aromatic heterocycles. The molecule has 6 nitrogen and oxygen atoms in total. The molecule has 1 aromatic rings. The summed E-state index contributed by atoms with van der Waals surface area (Å²) in [7, 11) is -4.14. The van der Waals surface area contributed by atoms with Gasteiger partial charge in [0.05, 0.1) is 4.91 Å². The number of amides is 1. The molecule has 0 radical (unpaired) electrons. The van der Waals surface area contributed by atoms with Crippen molar-refractivity contribution in [3.05, 3.63) is 69.6 Å². The predicted octanol–water partition coefficient (Wildman–Crippen LogP) is 1.07. The van der Waals surface area contributed by atoms with Crippen LogP contribution in [0.2, 0.25) is 5.02 Å². The van der Waals surface area contributed by atoms with Crippen LogP contribution in [0.15, 0.2) is 59.0 Å². The lowest BCUT2D eigenvalue weighted by Gasteiger charge is -2.33. The van der Waals surface area contributed by atoms with Gasteiger partial charge in [0, 0.05) is 17.5 Å². The molecule has 1 aromatic carbocycles. The third-order valence-corrected chi connectivity index (χ3v) is 4.71. The van der Waals surface area contributed by atoms with Gasteiger partial charge in [-0.3, -0.25) is 4.79 Å². The van der Waals surface area contributed by atoms with Crippen molar-refractivity contribution in [2.24, 2.45) is 10.9 Å². The highest BCUT2D eigenvalue weighted by molar-refractivity contribution is 7.93. The second kappa shape index (κ2) is 6.29. The number of nitrogens with two attached hydrogens (primary N) is 2. The summed E-state index contributed by atoms with van der Waals surface area (Å²) >= 11 is 5.93. The summed E-state index contributed by atoms with van der Waals surface area (Å²) in [5.74, 6) is -0.654. The van der Waals surface area contributed by atoms with Gasteiger partial charge in [-0.2, -0.15) is 0 Å². The van der Waals surface area contributed by atoms with Crippen LogP contribution < -0.4 is 10.9 Å². The molecule has 8 heteroatoms. The van der Waals surface area contributed by atoms with Crippen LogP contribution in [0.1, 0.15) is 12.0 Å². The summed E-state index contributed by atoms with van der Waals surface area (Å²) in [5.41, 5.74) is 3.95. The minimum absolute atomic E-state index is 0.0978. The van der Waals surface area contributed by atoms with E-state index in [2.05, 4.69) is 0 Å².